The number of rotatable bonds is 6. The van der Waals surface area contributed by atoms with Gasteiger partial charge in [-0.25, -0.2) is 12.8 Å². The third-order valence-electron chi connectivity index (χ3n) is 3.70. The van der Waals surface area contributed by atoms with Gasteiger partial charge in [-0.3, -0.25) is 9.10 Å². The number of benzene rings is 2. The number of aryl methyl sites for hydroxylation is 1. The van der Waals surface area contributed by atoms with Crippen molar-refractivity contribution in [2.75, 3.05) is 10.6 Å². The highest BCUT2D eigenvalue weighted by Crippen LogP contribution is 2.21. The average Bonchev–Trinajstić information content (AvgIpc) is 2.51. The minimum Gasteiger partial charge on any atom is -0.350 e. The molecule has 1 atom stereocenters. The molecule has 0 aliphatic carbocycles. The highest BCUT2D eigenvalue weighted by Gasteiger charge is 2.29. The second kappa shape index (κ2) is 7.65. The molecule has 0 unspecified atom stereocenters. The fraction of sp³-hybridized carbons (Fsp3) is 0.278. The maximum atomic E-state index is 13.5. The van der Waals surface area contributed by atoms with Crippen molar-refractivity contribution in [1.29, 1.82) is 0 Å². The lowest BCUT2D eigenvalue weighted by molar-refractivity contribution is -0.122. The molecule has 0 fully saturated rings. The van der Waals surface area contributed by atoms with E-state index in [4.69, 9.17) is 0 Å². The van der Waals surface area contributed by atoms with Crippen LogP contribution in [0, 0.1) is 12.7 Å². The van der Waals surface area contributed by atoms with Crippen LogP contribution in [0.2, 0.25) is 0 Å². The highest BCUT2D eigenvalue weighted by molar-refractivity contribution is 7.92. The van der Waals surface area contributed by atoms with Crippen LogP contribution in [-0.4, -0.2) is 26.6 Å². The van der Waals surface area contributed by atoms with Gasteiger partial charge in [-0.05, 0) is 37.6 Å². The molecular formula is C18H21FN2O3S. The van der Waals surface area contributed by atoms with Crippen molar-refractivity contribution in [3.63, 3.8) is 0 Å². The first-order valence-corrected chi connectivity index (χ1v) is 9.61. The summed E-state index contributed by atoms with van der Waals surface area (Å²) in [4.78, 5) is 12.4. The zero-order chi connectivity index (χ0) is 18.6. The molecule has 0 spiro atoms. The Bertz CT molecular complexity index is 868. The van der Waals surface area contributed by atoms with Crippen LogP contribution in [-0.2, 0) is 21.4 Å². The summed E-state index contributed by atoms with van der Waals surface area (Å²) < 4.78 is 38.6. The topological polar surface area (TPSA) is 66.5 Å². The van der Waals surface area contributed by atoms with Crippen LogP contribution in [0.3, 0.4) is 0 Å². The van der Waals surface area contributed by atoms with Gasteiger partial charge in [0.05, 0.1) is 11.9 Å². The van der Waals surface area contributed by atoms with Gasteiger partial charge in [0, 0.05) is 6.54 Å². The molecule has 0 aliphatic heterocycles. The van der Waals surface area contributed by atoms with Crippen LogP contribution in [0.4, 0.5) is 10.1 Å². The summed E-state index contributed by atoms with van der Waals surface area (Å²) >= 11 is 0. The Morgan fingerprint density at radius 2 is 1.88 bits per heavy atom. The summed E-state index contributed by atoms with van der Waals surface area (Å²) in [7, 11) is -3.76. The lowest BCUT2D eigenvalue weighted by Gasteiger charge is -2.28. The van der Waals surface area contributed by atoms with Crippen molar-refractivity contribution in [2.45, 2.75) is 26.4 Å². The SMILES string of the molecule is Cc1cccc(CNC(=O)[C@H](C)N(c2cccc(F)c2)S(C)(=O)=O)c1. The van der Waals surface area contributed by atoms with Crippen molar-refractivity contribution >= 4 is 21.6 Å². The lowest BCUT2D eigenvalue weighted by atomic mass is 10.1. The van der Waals surface area contributed by atoms with Gasteiger partial charge in [0.15, 0.2) is 0 Å². The number of nitrogens with one attached hydrogen (secondary N) is 1. The predicted molar refractivity (Wildman–Crippen MR) is 96.2 cm³/mol. The summed E-state index contributed by atoms with van der Waals surface area (Å²) in [6, 6.07) is 11.8. The minimum atomic E-state index is -3.76. The van der Waals surface area contributed by atoms with E-state index in [1.807, 2.05) is 31.2 Å². The molecule has 2 aromatic rings. The van der Waals surface area contributed by atoms with Crippen molar-refractivity contribution in [2.24, 2.45) is 0 Å². The Hall–Kier alpha value is -2.41. The summed E-state index contributed by atoms with van der Waals surface area (Å²) in [5.74, 6) is -1.03. The molecule has 0 saturated heterocycles. The third kappa shape index (κ3) is 5.03. The van der Waals surface area contributed by atoms with Gasteiger partial charge in [0.1, 0.15) is 11.9 Å². The van der Waals surface area contributed by atoms with Crippen LogP contribution in [0.1, 0.15) is 18.1 Å². The summed E-state index contributed by atoms with van der Waals surface area (Å²) in [6.45, 7) is 3.70. The number of hydrogen-bond acceptors (Lipinski definition) is 3. The van der Waals surface area contributed by atoms with E-state index in [0.29, 0.717) is 0 Å². The Balaban J connectivity index is 2.18. The van der Waals surface area contributed by atoms with Crippen LogP contribution in [0.25, 0.3) is 0 Å². The molecule has 0 aliphatic rings. The van der Waals surface area contributed by atoms with Crippen molar-refractivity contribution in [3.8, 4) is 0 Å². The molecular weight excluding hydrogens is 343 g/mol. The van der Waals surface area contributed by atoms with Gasteiger partial charge in [-0.1, -0.05) is 35.9 Å². The van der Waals surface area contributed by atoms with E-state index < -0.39 is 27.8 Å². The lowest BCUT2D eigenvalue weighted by Crippen LogP contribution is -2.47. The summed E-state index contributed by atoms with van der Waals surface area (Å²) in [5, 5.41) is 2.72. The van der Waals surface area contributed by atoms with Crippen LogP contribution >= 0.6 is 0 Å². The Kier molecular flexibility index (Phi) is 5.79. The largest absolute Gasteiger partial charge is 0.350 e. The van der Waals surface area contributed by atoms with E-state index in [1.165, 1.54) is 25.1 Å². The fourth-order valence-corrected chi connectivity index (χ4v) is 3.75. The molecule has 1 N–H and O–H groups in total. The highest BCUT2D eigenvalue weighted by atomic mass is 32.2. The van der Waals surface area contributed by atoms with Gasteiger partial charge in [-0.15, -0.1) is 0 Å². The number of carbonyl (C=O) groups excluding carboxylic acids is 1. The first-order chi connectivity index (χ1) is 11.7. The molecule has 5 nitrogen and oxygen atoms in total. The van der Waals surface area contributed by atoms with E-state index in [2.05, 4.69) is 5.32 Å². The third-order valence-corrected chi connectivity index (χ3v) is 4.94. The second-order valence-electron chi connectivity index (χ2n) is 5.92. The van der Waals surface area contributed by atoms with E-state index in [0.717, 1.165) is 27.8 Å². The van der Waals surface area contributed by atoms with Crippen molar-refractivity contribution in [3.05, 3.63) is 65.5 Å². The monoisotopic (exact) mass is 364 g/mol. The van der Waals surface area contributed by atoms with E-state index in [1.54, 1.807) is 0 Å². The van der Waals surface area contributed by atoms with Crippen LogP contribution in [0.5, 0.6) is 0 Å². The van der Waals surface area contributed by atoms with Gasteiger partial charge in [0.25, 0.3) is 0 Å². The fourth-order valence-electron chi connectivity index (χ4n) is 2.58. The van der Waals surface area contributed by atoms with Gasteiger partial charge < -0.3 is 5.32 Å². The zero-order valence-corrected chi connectivity index (χ0v) is 15.2. The number of halogens is 1. The van der Waals surface area contributed by atoms with Crippen LogP contribution < -0.4 is 9.62 Å². The maximum absolute atomic E-state index is 13.5. The number of amides is 1. The number of sulfonamides is 1. The number of nitrogens with zero attached hydrogens (tertiary/aromatic N) is 1. The summed E-state index contributed by atoms with van der Waals surface area (Å²) in [5.41, 5.74) is 2.09. The van der Waals surface area contributed by atoms with Crippen molar-refractivity contribution in [1.82, 2.24) is 5.32 Å². The first-order valence-electron chi connectivity index (χ1n) is 7.76. The molecule has 0 aromatic heterocycles. The second-order valence-corrected chi connectivity index (χ2v) is 7.78. The summed E-state index contributed by atoms with van der Waals surface area (Å²) in [6.07, 6.45) is 0.988. The first kappa shape index (κ1) is 18.9. The number of carbonyl (C=O) groups is 1. The molecule has 2 rings (SSSR count). The van der Waals surface area contributed by atoms with Gasteiger partial charge in [-0.2, -0.15) is 0 Å². The smallest absolute Gasteiger partial charge is 0.243 e. The predicted octanol–water partition coefficient (Wildman–Crippen LogP) is 2.61. The molecule has 0 saturated carbocycles. The number of hydrogen-bond donors (Lipinski definition) is 1. The standard InChI is InChI=1S/C18H21FN2O3S/c1-13-6-4-7-15(10-13)12-20-18(22)14(2)21(25(3,23)24)17-9-5-8-16(19)11-17/h4-11,14H,12H2,1-3H3,(H,20,22)/t14-/m0/s1. The van der Waals surface area contributed by atoms with E-state index in [9.17, 15) is 17.6 Å². The Morgan fingerprint density at radius 1 is 1.20 bits per heavy atom. The van der Waals surface area contributed by atoms with E-state index in [-0.39, 0.29) is 12.2 Å². The molecule has 134 valence electrons. The van der Waals surface area contributed by atoms with Crippen molar-refractivity contribution < 1.29 is 17.6 Å². The maximum Gasteiger partial charge on any atom is 0.243 e. The van der Waals surface area contributed by atoms with Gasteiger partial charge in [0.2, 0.25) is 15.9 Å². The van der Waals surface area contributed by atoms with Gasteiger partial charge >= 0.3 is 0 Å². The Labute approximate surface area is 147 Å². The van der Waals surface area contributed by atoms with E-state index >= 15 is 0 Å². The zero-order valence-electron chi connectivity index (χ0n) is 14.4. The van der Waals surface area contributed by atoms with Crippen LogP contribution in [0.15, 0.2) is 48.5 Å². The molecule has 7 heteroatoms. The molecule has 2 aromatic carbocycles. The Morgan fingerprint density at radius 3 is 2.48 bits per heavy atom. The molecule has 0 bridgehead atoms. The molecule has 1 amide bonds. The molecule has 0 radical (unpaired) electrons. The average molecular weight is 364 g/mol. The normalized spacial score (nSPS) is 12.5. The quantitative estimate of drug-likeness (QED) is 0.857. The molecule has 25 heavy (non-hydrogen) atoms. The minimum absolute atomic E-state index is 0.112. The number of anilines is 1. The molecule has 0 heterocycles.